The first-order chi connectivity index (χ1) is 14.3. The molecule has 0 amide bonds. The lowest BCUT2D eigenvalue weighted by Crippen LogP contribution is -2.20. The van der Waals surface area contributed by atoms with Crippen LogP contribution in [0.4, 0.5) is 0 Å². The molecule has 2 aromatic carbocycles. The molecule has 0 unspecified atom stereocenters. The van der Waals surface area contributed by atoms with Crippen LogP contribution < -0.4 is 0 Å². The maximum absolute atomic E-state index is 12.3. The first-order valence-corrected chi connectivity index (χ1v) is 11.2. The lowest BCUT2D eigenvalue weighted by atomic mass is 9.87. The second-order valence-electron chi connectivity index (χ2n) is 8.07. The summed E-state index contributed by atoms with van der Waals surface area (Å²) in [5.74, 6) is 0.534. The van der Waals surface area contributed by atoms with E-state index in [0.717, 1.165) is 17.1 Å². The third-order valence-electron chi connectivity index (χ3n) is 4.82. The van der Waals surface area contributed by atoms with E-state index in [1.165, 1.54) is 17.3 Å². The van der Waals surface area contributed by atoms with Crippen molar-refractivity contribution < 1.29 is 9.53 Å². The monoisotopic (exact) mass is 423 g/mol. The second kappa shape index (κ2) is 9.47. The summed E-state index contributed by atoms with van der Waals surface area (Å²) in [7, 11) is 0. The molecular formula is C24H29N3O2S. The molecule has 3 aromatic rings. The fourth-order valence-electron chi connectivity index (χ4n) is 3.12. The van der Waals surface area contributed by atoms with Crippen molar-refractivity contribution in [2.24, 2.45) is 0 Å². The molecule has 0 aliphatic rings. The van der Waals surface area contributed by atoms with E-state index in [0.29, 0.717) is 18.2 Å². The molecule has 158 valence electrons. The number of carbonyl (C=O) groups is 1. The van der Waals surface area contributed by atoms with Crippen molar-refractivity contribution >= 4 is 17.7 Å². The van der Waals surface area contributed by atoms with Crippen LogP contribution in [0, 0.1) is 0 Å². The molecule has 30 heavy (non-hydrogen) atoms. The molecule has 6 heteroatoms. The van der Waals surface area contributed by atoms with Gasteiger partial charge in [0.05, 0.1) is 6.61 Å². The highest BCUT2D eigenvalue weighted by molar-refractivity contribution is 8.00. The predicted octanol–water partition coefficient (Wildman–Crippen LogP) is 5.67. The van der Waals surface area contributed by atoms with Crippen LogP contribution in [0.15, 0.2) is 59.8 Å². The summed E-state index contributed by atoms with van der Waals surface area (Å²) in [4.78, 5) is 12.3. The zero-order valence-corrected chi connectivity index (χ0v) is 19.1. The predicted molar refractivity (Wildman–Crippen MR) is 122 cm³/mol. The van der Waals surface area contributed by atoms with Crippen LogP contribution in [0.25, 0.3) is 17.1 Å². The van der Waals surface area contributed by atoms with Gasteiger partial charge in [-0.1, -0.05) is 81.9 Å². The fourth-order valence-corrected chi connectivity index (χ4v) is 4.09. The molecule has 1 heterocycles. The smallest absolute Gasteiger partial charge is 0.319 e. The molecule has 0 saturated heterocycles. The third-order valence-corrected chi connectivity index (χ3v) is 6.11. The quantitative estimate of drug-likeness (QED) is 0.362. The van der Waals surface area contributed by atoms with Gasteiger partial charge in [0.2, 0.25) is 0 Å². The van der Waals surface area contributed by atoms with Crippen molar-refractivity contribution in [3.8, 4) is 17.1 Å². The van der Waals surface area contributed by atoms with Gasteiger partial charge in [0.15, 0.2) is 11.0 Å². The third kappa shape index (κ3) is 4.93. The number of rotatable bonds is 7. The molecule has 0 aliphatic carbocycles. The lowest BCUT2D eigenvalue weighted by molar-refractivity contribution is -0.142. The van der Waals surface area contributed by atoms with Gasteiger partial charge in [0.1, 0.15) is 5.25 Å². The van der Waals surface area contributed by atoms with E-state index in [-0.39, 0.29) is 16.6 Å². The Bertz CT molecular complexity index is 976. The summed E-state index contributed by atoms with van der Waals surface area (Å²) < 4.78 is 7.24. The molecule has 0 aliphatic heterocycles. The summed E-state index contributed by atoms with van der Waals surface area (Å²) in [5, 5.41) is 9.28. The molecule has 0 fully saturated rings. The SMILES string of the molecule is CCOC(=O)[C@H](CC)Sc1nnc(-c2ccc(C(C)(C)C)cc2)n1-c1ccccc1. The average molecular weight is 424 g/mol. The van der Waals surface area contributed by atoms with Crippen LogP contribution in [0.3, 0.4) is 0 Å². The summed E-state index contributed by atoms with van der Waals surface area (Å²) in [5.41, 5.74) is 3.29. The van der Waals surface area contributed by atoms with Crippen LogP contribution in [0.2, 0.25) is 0 Å². The maximum atomic E-state index is 12.3. The van der Waals surface area contributed by atoms with Gasteiger partial charge < -0.3 is 4.74 Å². The van der Waals surface area contributed by atoms with Gasteiger partial charge in [-0.05, 0) is 36.5 Å². The van der Waals surface area contributed by atoms with Crippen molar-refractivity contribution in [1.82, 2.24) is 14.8 Å². The van der Waals surface area contributed by atoms with E-state index in [1.807, 2.05) is 48.7 Å². The van der Waals surface area contributed by atoms with E-state index in [9.17, 15) is 4.79 Å². The van der Waals surface area contributed by atoms with Crippen molar-refractivity contribution in [2.45, 2.75) is 56.9 Å². The van der Waals surface area contributed by atoms with Gasteiger partial charge in [-0.15, -0.1) is 10.2 Å². The average Bonchev–Trinajstić information content (AvgIpc) is 3.15. The van der Waals surface area contributed by atoms with Gasteiger partial charge in [0.25, 0.3) is 0 Å². The van der Waals surface area contributed by atoms with E-state index in [4.69, 9.17) is 4.74 Å². The maximum Gasteiger partial charge on any atom is 0.319 e. The number of carbonyl (C=O) groups excluding carboxylic acids is 1. The van der Waals surface area contributed by atoms with Gasteiger partial charge >= 0.3 is 5.97 Å². The number of esters is 1. The normalized spacial score (nSPS) is 12.6. The molecule has 0 spiro atoms. The van der Waals surface area contributed by atoms with E-state index < -0.39 is 0 Å². The van der Waals surface area contributed by atoms with Crippen molar-refractivity contribution in [3.63, 3.8) is 0 Å². The second-order valence-corrected chi connectivity index (χ2v) is 9.24. The van der Waals surface area contributed by atoms with E-state index in [2.05, 4.69) is 55.2 Å². The largest absolute Gasteiger partial charge is 0.465 e. The number of ether oxygens (including phenoxy) is 1. The number of para-hydroxylation sites is 1. The summed E-state index contributed by atoms with van der Waals surface area (Å²) in [6.07, 6.45) is 0.654. The molecule has 0 radical (unpaired) electrons. The number of hydrogen-bond acceptors (Lipinski definition) is 5. The Hall–Kier alpha value is -2.60. The lowest BCUT2D eigenvalue weighted by Gasteiger charge is -2.19. The molecule has 5 nitrogen and oxygen atoms in total. The Morgan fingerprint density at radius 3 is 2.27 bits per heavy atom. The van der Waals surface area contributed by atoms with Crippen LogP contribution in [0.1, 0.15) is 46.6 Å². The van der Waals surface area contributed by atoms with E-state index in [1.54, 1.807) is 0 Å². The molecule has 3 rings (SSSR count). The zero-order valence-electron chi connectivity index (χ0n) is 18.3. The molecular weight excluding hydrogens is 394 g/mol. The number of aromatic nitrogens is 3. The Labute approximate surface area is 182 Å². The summed E-state index contributed by atoms with van der Waals surface area (Å²) in [6, 6.07) is 18.4. The number of benzene rings is 2. The van der Waals surface area contributed by atoms with Crippen molar-refractivity contribution in [2.75, 3.05) is 6.61 Å². The van der Waals surface area contributed by atoms with Crippen LogP contribution in [0.5, 0.6) is 0 Å². The van der Waals surface area contributed by atoms with Gasteiger partial charge in [-0.2, -0.15) is 0 Å². The minimum atomic E-state index is -0.326. The van der Waals surface area contributed by atoms with Gasteiger partial charge in [-0.25, -0.2) is 0 Å². The van der Waals surface area contributed by atoms with Crippen molar-refractivity contribution in [3.05, 3.63) is 60.2 Å². The molecule has 0 bridgehead atoms. The Balaban J connectivity index is 2.04. The topological polar surface area (TPSA) is 57.0 Å². The Kier molecular flexibility index (Phi) is 6.98. The Morgan fingerprint density at radius 1 is 1.03 bits per heavy atom. The highest BCUT2D eigenvalue weighted by Crippen LogP contribution is 2.32. The molecule has 1 aromatic heterocycles. The first kappa shape index (κ1) is 22.1. The van der Waals surface area contributed by atoms with Crippen molar-refractivity contribution in [1.29, 1.82) is 0 Å². The van der Waals surface area contributed by atoms with Crippen LogP contribution in [-0.2, 0) is 14.9 Å². The molecule has 1 atom stereocenters. The molecule has 0 N–H and O–H groups in total. The number of hydrogen-bond donors (Lipinski definition) is 0. The number of nitrogens with zero attached hydrogens (tertiary/aromatic N) is 3. The molecule has 0 saturated carbocycles. The minimum absolute atomic E-state index is 0.0840. The van der Waals surface area contributed by atoms with Gasteiger partial charge in [0, 0.05) is 11.3 Å². The Morgan fingerprint density at radius 2 is 1.70 bits per heavy atom. The highest BCUT2D eigenvalue weighted by Gasteiger charge is 2.25. The fraction of sp³-hybridized carbons (Fsp3) is 0.375. The number of thioether (sulfide) groups is 1. The highest BCUT2D eigenvalue weighted by atomic mass is 32.2. The zero-order chi connectivity index (χ0) is 21.7. The van der Waals surface area contributed by atoms with Crippen LogP contribution in [-0.4, -0.2) is 32.6 Å². The minimum Gasteiger partial charge on any atom is -0.465 e. The van der Waals surface area contributed by atoms with Gasteiger partial charge in [-0.3, -0.25) is 9.36 Å². The first-order valence-electron chi connectivity index (χ1n) is 10.3. The standard InChI is InChI=1S/C24H29N3O2S/c1-6-20(22(28)29-7-2)30-23-26-25-21(27(23)19-11-9-8-10-12-19)17-13-15-18(16-14-17)24(3,4)5/h8-16,20H,6-7H2,1-5H3/t20-/m0/s1. The van der Waals surface area contributed by atoms with Crippen LogP contribution >= 0.6 is 11.8 Å². The van der Waals surface area contributed by atoms with E-state index >= 15 is 0 Å². The summed E-state index contributed by atoms with van der Waals surface area (Å²) in [6.45, 7) is 10.8. The summed E-state index contributed by atoms with van der Waals surface area (Å²) >= 11 is 1.40.